The Kier molecular flexibility index (Phi) is 7.03. The first-order valence-electron chi connectivity index (χ1n) is 7.99. The molecule has 0 aliphatic carbocycles. The van der Waals surface area contributed by atoms with Crippen LogP contribution in [0.2, 0.25) is 0 Å². The predicted octanol–water partition coefficient (Wildman–Crippen LogP) is 0.720. The average molecular weight is 372 g/mol. The van der Waals surface area contributed by atoms with Crippen molar-refractivity contribution in [2.45, 2.75) is 19.4 Å². The molecule has 2 rings (SSSR count). The van der Waals surface area contributed by atoms with E-state index in [0.717, 1.165) is 11.8 Å². The molecule has 0 saturated heterocycles. The van der Waals surface area contributed by atoms with Crippen LogP contribution in [0.15, 0.2) is 18.2 Å². The van der Waals surface area contributed by atoms with E-state index in [1.165, 1.54) is 4.31 Å². The summed E-state index contributed by atoms with van der Waals surface area (Å²) >= 11 is 0. The topological polar surface area (TPSA) is 94.2 Å². The van der Waals surface area contributed by atoms with E-state index in [1.807, 2.05) is 12.1 Å². The van der Waals surface area contributed by atoms with E-state index < -0.39 is 10.0 Å². The minimum Gasteiger partial charge on any atom is -0.454 e. The number of hydrogen-bond donors (Lipinski definition) is 1. The van der Waals surface area contributed by atoms with E-state index in [9.17, 15) is 13.2 Å². The van der Waals surface area contributed by atoms with Gasteiger partial charge in [-0.3, -0.25) is 4.79 Å². The zero-order valence-corrected chi connectivity index (χ0v) is 15.3. The van der Waals surface area contributed by atoms with Crippen molar-refractivity contribution in [1.82, 2.24) is 9.62 Å². The van der Waals surface area contributed by atoms with Gasteiger partial charge in [0.05, 0.1) is 6.26 Å². The Hall–Kier alpha value is -1.84. The maximum absolute atomic E-state index is 12.0. The molecule has 0 fully saturated rings. The minimum absolute atomic E-state index is 0.102. The molecule has 1 aliphatic rings. The summed E-state index contributed by atoms with van der Waals surface area (Å²) < 4.78 is 40.3. The highest BCUT2D eigenvalue weighted by atomic mass is 32.2. The fourth-order valence-corrected chi connectivity index (χ4v) is 3.28. The summed E-state index contributed by atoms with van der Waals surface area (Å²) in [6.07, 6.45) is 1.83. The number of hydrogen-bond acceptors (Lipinski definition) is 6. The molecule has 1 amide bonds. The van der Waals surface area contributed by atoms with Crippen LogP contribution >= 0.6 is 0 Å². The third-order valence-electron chi connectivity index (χ3n) is 3.74. The van der Waals surface area contributed by atoms with Gasteiger partial charge in [-0.25, -0.2) is 12.7 Å². The Morgan fingerprint density at radius 3 is 2.76 bits per heavy atom. The molecule has 9 heteroatoms. The Morgan fingerprint density at radius 2 is 2.04 bits per heavy atom. The number of ether oxygens (including phenoxy) is 3. The van der Waals surface area contributed by atoms with Crippen molar-refractivity contribution in [3.63, 3.8) is 0 Å². The molecule has 25 heavy (non-hydrogen) atoms. The molecule has 1 aromatic rings. The van der Waals surface area contributed by atoms with Crippen LogP contribution in [-0.2, 0) is 26.1 Å². The van der Waals surface area contributed by atoms with Gasteiger partial charge in [-0.05, 0) is 24.1 Å². The second kappa shape index (κ2) is 9.02. The van der Waals surface area contributed by atoms with Crippen LogP contribution in [0.1, 0.15) is 18.4 Å². The molecule has 1 heterocycles. The van der Waals surface area contributed by atoms with Crippen molar-refractivity contribution in [1.29, 1.82) is 0 Å². The molecule has 1 aliphatic heterocycles. The number of nitrogens with zero attached hydrogens (tertiary/aromatic N) is 1. The van der Waals surface area contributed by atoms with Crippen LogP contribution in [0.4, 0.5) is 0 Å². The molecule has 0 spiro atoms. The number of rotatable bonds is 10. The van der Waals surface area contributed by atoms with Crippen LogP contribution in [0.25, 0.3) is 0 Å². The number of nitrogens with one attached hydrogen (secondary N) is 1. The fraction of sp³-hybridized carbons (Fsp3) is 0.562. The Bertz CT molecular complexity index is 692. The van der Waals surface area contributed by atoms with Crippen LogP contribution in [0.5, 0.6) is 11.5 Å². The van der Waals surface area contributed by atoms with Gasteiger partial charge in [-0.1, -0.05) is 6.07 Å². The summed E-state index contributed by atoms with van der Waals surface area (Å²) in [6, 6.07) is 5.46. The molecular formula is C16H24N2O6S. The number of amides is 1. The largest absolute Gasteiger partial charge is 0.454 e. The van der Waals surface area contributed by atoms with Crippen molar-refractivity contribution in [2.75, 3.05) is 39.9 Å². The molecule has 1 aromatic carbocycles. The molecule has 0 atom stereocenters. The highest BCUT2D eigenvalue weighted by molar-refractivity contribution is 7.88. The molecule has 140 valence electrons. The van der Waals surface area contributed by atoms with Crippen molar-refractivity contribution in [2.24, 2.45) is 0 Å². The van der Waals surface area contributed by atoms with Gasteiger partial charge >= 0.3 is 0 Å². The van der Waals surface area contributed by atoms with Crippen molar-refractivity contribution >= 4 is 15.9 Å². The van der Waals surface area contributed by atoms with E-state index in [-0.39, 0.29) is 25.7 Å². The number of benzene rings is 1. The molecule has 0 bridgehead atoms. The zero-order valence-electron chi connectivity index (χ0n) is 14.5. The monoisotopic (exact) mass is 372 g/mol. The number of methoxy groups -OCH3 is 1. The summed E-state index contributed by atoms with van der Waals surface area (Å²) in [5.74, 6) is 1.14. The lowest BCUT2D eigenvalue weighted by molar-refractivity contribution is -0.121. The first-order valence-corrected chi connectivity index (χ1v) is 9.84. The second-order valence-electron chi connectivity index (χ2n) is 5.72. The molecular weight excluding hydrogens is 348 g/mol. The quantitative estimate of drug-likeness (QED) is 0.608. The zero-order chi connectivity index (χ0) is 18.3. The lowest BCUT2D eigenvalue weighted by Gasteiger charge is -2.19. The third kappa shape index (κ3) is 6.18. The maximum atomic E-state index is 12.0. The summed E-state index contributed by atoms with van der Waals surface area (Å²) in [5, 5.41) is 2.78. The lowest BCUT2D eigenvalue weighted by atomic mass is 10.2. The number of carbonyl (C=O) groups is 1. The Labute approximate surface area is 148 Å². The number of carbonyl (C=O) groups excluding carboxylic acids is 1. The average Bonchev–Trinajstić information content (AvgIpc) is 3.02. The van der Waals surface area contributed by atoms with Gasteiger partial charge in [0.1, 0.15) is 0 Å². The van der Waals surface area contributed by atoms with Crippen molar-refractivity contribution in [3.05, 3.63) is 23.8 Å². The van der Waals surface area contributed by atoms with Gasteiger partial charge in [0.15, 0.2) is 11.5 Å². The van der Waals surface area contributed by atoms with Crippen molar-refractivity contribution in [3.8, 4) is 11.5 Å². The normalized spacial score (nSPS) is 13.2. The molecule has 0 aromatic heterocycles. The van der Waals surface area contributed by atoms with Gasteiger partial charge in [0.25, 0.3) is 0 Å². The van der Waals surface area contributed by atoms with Gasteiger partial charge in [0.2, 0.25) is 22.7 Å². The van der Waals surface area contributed by atoms with Crippen LogP contribution in [-0.4, -0.2) is 58.5 Å². The van der Waals surface area contributed by atoms with Gasteiger partial charge < -0.3 is 19.5 Å². The SMILES string of the molecule is COCCCN(CCC(=O)NCc1ccc2c(c1)OCO2)S(C)(=O)=O. The van der Waals surface area contributed by atoms with Crippen LogP contribution < -0.4 is 14.8 Å². The summed E-state index contributed by atoms with van der Waals surface area (Å²) in [5.41, 5.74) is 0.887. The number of fused-ring (bicyclic) bond motifs is 1. The van der Waals surface area contributed by atoms with E-state index in [4.69, 9.17) is 14.2 Å². The standard InChI is InChI=1S/C16H24N2O6S/c1-22-9-3-7-18(25(2,20)21)8-6-16(19)17-11-13-4-5-14-15(10-13)24-12-23-14/h4-5,10H,3,6-9,11-12H2,1-2H3,(H,17,19). The molecule has 0 unspecified atom stereocenters. The van der Waals surface area contributed by atoms with E-state index in [1.54, 1.807) is 13.2 Å². The van der Waals surface area contributed by atoms with E-state index in [2.05, 4.69) is 5.32 Å². The minimum atomic E-state index is -3.35. The lowest BCUT2D eigenvalue weighted by Crippen LogP contribution is -2.35. The van der Waals surface area contributed by atoms with Crippen molar-refractivity contribution < 1.29 is 27.4 Å². The Balaban J connectivity index is 1.78. The second-order valence-corrected chi connectivity index (χ2v) is 7.71. The van der Waals surface area contributed by atoms with Gasteiger partial charge in [0, 0.05) is 39.8 Å². The molecule has 0 saturated carbocycles. The van der Waals surface area contributed by atoms with E-state index >= 15 is 0 Å². The van der Waals surface area contributed by atoms with E-state index in [0.29, 0.717) is 37.6 Å². The molecule has 1 N–H and O–H groups in total. The summed E-state index contributed by atoms with van der Waals surface area (Å²) in [4.78, 5) is 12.0. The highest BCUT2D eigenvalue weighted by Gasteiger charge is 2.18. The maximum Gasteiger partial charge on any atom is 0.231 e. The molecule has 0 radical (unpaired) electrons. The van der Waals surface area contributed by atoms with Gasteiger partial charge in [-0.15, -0.1) is 0 Å². The third-order valence-corrected chi connectivity index (χ3v) is 5.04. The number of sulfonamides is 1. The summed E-state index contributed by atoms with van der Waals surface area (Å²) in [7, 11) is -1.78. The highest BCUT2D eigenvalue weighted by Crippen LogP contribution is 2.32. The first-order chi connectivity index (χ1) is 11.9. The Morgan fingerprint density at radius 1 is 1.28 bits per heavy atom. The van der Waals surface area contributed by atoms with Crippen LogP contribution in [0, 0.1) is 0 Å². The van der Waals surface area contributed by atoms with Crippen LogP contribution in [0.3, 0.4) is 0 Å². The van der Waals surface area contributed by atoms with Gasteiger partial charge in [-0.2, -0.15) is 0 Å². The molecule has 8 nitrogen and oxygen atoms in total. The smallest absolute Gasteiger partial charge is 0.231 e. The fourth-order valence-electron chi connectivity index (χ4n) is 2.39. The predicted molar refractivity (Wildman–Crippen MR) is 91.9 cm³/mol. The summed E-state index contributed by atoms with van der Waals surface area (Å²) in [6.45, 7) is 1.51. The first kappa shape index (κ1) is 19.5.